The average molecular weight is 300 g/mol. The summed E-state index contributed by atoms with van der Waals surface area (Å²) in [4.78, 5) is 22.1. The van der Waals surface area contributed by atoms with E-state index in [1.807, 2.05) is 0 Å². The Morgan fingerprint density at radius 1 is 0.857 bits per heavy atom. The summed E-state index contributed by atoms with van der Waals surface area (Å²) in [5.74, 6) is -0.858. The molecule has 1 aromatic carbocycles. The van der Waals surface area contributed by atoms with E-state index in [1.54, 1.807) is 0 Å². The van der Waals surface area contributed by atoms with Gasteiger partial charge in [-0.3, -0.25) is 0 Å². The Bertz CT molecular complexity index is 375. The van der Waals surface area contributed by atoms with Crippen LogP contribution in [0.5, 0.6) is 0 Å². The Balaban J connectivity index is 0.000000486. The van der Waals surface area contributed by atoms with Crippen LogP contribution >= 0.6 is 0 Å². The molecule has 0 spiro atoms. The van der Waals surface area contributed by atoms with Crippen molar-refractivity contribution < 1.29 is 34.0 Å². The summed E-state index contributed by atoms with van der Waals surface area (Å²) in [5, 5.41) is 16.2. The highest BCUT2D eigenvalue weighted by atomic mass is 16.5. The van der Waals surface area contributed by atoms with Gasteiger partial charge in [0, 0.05) is 0 Å². The molecule has 0 amide bonds. The summed E-state index contributed by atoms with van der Waals surface area (Å²) in [6.45, 7) is 0.696. The number of aliphatic hydroxyl groups is 2. The van der Waals surface area contributed by atoms with Crippen LogP contribution in [0.4, 0.5) is 0 Å². The molecular weight excluding hydrogens is 280 g/mol. The minimum atomic E-state index is -0.429. The first-order valence-electron chi connectivity index (χ1n) is 6.16. The van der Waals surface area contributed by atoms with E-state index in [9.17, 15) is 9.59 Å². The van der Waals surface area contributed by atoms with Crippen LogP contribution in [0.3, 0.4) is 0 Å². The number of hydrogen-bond acceptors (Lipinski definition) is 7. The summed E-state index contributed by atoms with van der Waals surface area (Å²) in [6.07, 6.45) is 0. The van der Waals surface area contributed by atoms with Crippen LogP contribution in [0, 0.1) is 0 Å². The van der Waals surface area contributed by atoms with Crippen molar-refractivity contribution in [2.75, 3.05) is 40.6 Å². The summed E-state index contributed by atoms with van der Waals surface area (Å²) in [5.41, 5.74) is 0.806. The number of carbonyl (C=O) groups excluding carboxylic acids is 2. The molecule has 0 radical (unpaired) electrons. The van der Waals surface area contributed by atoms with E-state index < -0.39 is 11.9 Å². The fourth-order valence-corrected chi connectivity index (χ4v) is 1.21. The van der Waals surface area contributed by atoms with Crippen LogP contribution in [0.15, 0.2) is 24.3 Å². The highest BCUT2D eigenvalue weighted by molar-refractivity contribution is 5.93. The predicted molar refractivity (Wildman–Crippen MR) is 74.1 cm³/mol. The van der Waals surface area contributed by atoms with Gasteiger partial charge < -0.3 is 24.4 Å². The Hall–Kier alpha value is -1.96. The molecule has 1 aromatic rings. The van der Waals surface area contributed by atoms with Gasteiger partial charge in [0.1, 0.15) is 0 Å². The minimum Gasteiger partial charge on any atom is -0.465 e. The van der Waals surface area contributed by atoms with Crippen molar-refractivity contribution in [3.63, 3.8) is 0 Å². The molecule has 0 unspecified atom stereocenters. The molecule has 0 saturated heterocycles. The van der Waals surface area contributed by atoms with Crippen molar-refractivity contribution in [3.8, 4) is 0 Å². The summed E-state index contributed by atoms with van der Waals surface area (Å²) >= 11 is 0. The van der Waals surface area contributed by atoms with Gasteiger partial charge in [0.2, 0.25) is 0 Å². The lowest BCUT2D eigenvalue weighted by molar-refractivity contribution is 0.0586. The van der Waals surface area contributed by atoms with Gasteiger partial charge in [0.05, 0.1) is 51.8 Å². The smallest absolute Gasteiger partial charge is 0.337 e. The normalized spacial score (nSPS) is 9.33. The third kappa shape index (κ3) is 8.03. The first-order valence-corrected chi connectivity index (χ1v) is 6.16. The number of ether oxygens (including phenoxy) is 3. The van der Waals surface area contributed by atoms with Crippen LogP contribution in [0.2, 0.25) is 0 Å². The lowest BCUT2D eigenvalue weighted by Crippen LogP contribution is -2.04. The molecular formula is C14H20O7. The van der Waals surface area contributed by atoms with E-state index in [0.717, 1.165) is 0 Å². The molecule has 0 aliphatic heterocycles. The van der Waals surface area contributed by atoms with Gasteiger partial charge in [-0.2, -0.15) is 0 Å². The van der Waals surface area contributed by atoms with Gasteiger partial charge in [0.15, 0.2) is 0 Å². The average Bonchev–Trinajstić information content (AvgIpc) is 2.54. The zero-order chi connectivity index (χ0) is 16.1. The van der Waals surface area contributed by atoms with Crippen LogP contribution in [-0.4, -0.2) is 62.8 Å². The van der Waals surface area contributed by atoms with Crippen LogP contribution in [0.1, 0.15) is 20.7 Å². The Morgan fingerprint density at radius 3 is 1.43 bits per heavy atom. The van der Waals surface area contributed by atoms with Gasteiger partial charge in [-0.05, 0) is 24.3 Å². The second-order valence-corrected chi connectivity index (χ2v) is 3.62. The molecule has 0 fully saturated rings. The first-order chi connectivity index (χ1) is 10.1. The number of esters is 2. The molecule has 7 nitrogen and oxygen atoms in total. The number of hydrogen-bond donors (Lipinski definition) is 2. The van der Waals surface area contributed by atoms with Crippen molar-refractivity contribution in [1.82, 2.24) is 0 Å². The molecule has 0 bridgehead atoms. The molecule has 2 N–H and O–H groups in total. The van der Waals surface area contributed by atoms with Crippen LogP contribution < -0.4 is 0 Å². The highest BCUT2D eigenvalue weighted by Crippen LogP contribution is 2.06. The van der Waals surface area contributed by atoms with Gasteiger partial charge in [0.25, 0.3) is 0 Å². The Morgan fingerprint density at radius 2 is 1.19 bits per heavy atom. The number of rotatable bonds is 6. The molecule has 21 heavy (non-hydrogen) atoms. The van der Waals surface area contributed by atoms with E-state index in [2.05, 4.69) is 14.2 Å². The Kier molecular flexibility index (Phi) is 10.7. The van der Waals surface area contributed by atoms with E-state index in [0.29, 0.717) is 24.3 Å². The largest absolute Gasteiger partial charge is 0.465 e. The van der Waals surface area contributed by atoms with E-state index in [4.69, 9.17) is 10.2 Å². The molecule has 0 aliphatic rings. The lowest BCUT2D eigenvalue weighted by atomic mass is 10.1. The topological polar surface area (TPSA) is 102 Å². The van der Waals surface area contributed by atoms with Crippen molar-refractivity contribution in [3.05, 3.63) is 35.4 Å². The van der Waals surface area contributed by atoms with Gasteiger partial charge in [-0.15, -0.1) is 0 Å². The lowest BCUT2D eigenvalue weighted by Gasteiger charge is -2.00. The second kappa shape index (κ2) is 11.8. The number of aliphatic hydroxyl groups excluding tert-OH is 2. The molecule has 1 rings (SSSR count). The molecule has 7 heteroatoms. The first kappa shape index (κ1) is 19.0. The minimum absolute atomic E-state index is 0.0278. The number of carbonyl (C=O) groups is 2. The molecule has 0 heterocycles. The maximum Gasteiger partial charge on any atom is 0.337 e. The predicted octanol–water partition coefficient (Wildman–Crippen LogP) is 0.247. The maximum atomic E-state index is 11.0. The third-order valence-corrected chi connectivity index (χ3v) is 2.20. The summed E-state index contributed by atoms with van der Waals surface area (Å²) < 4.78 is 13.6. The molecule has 118 valence electrons. The van der Waals surface area contributed by atoms with Gasteiger partial charge in [-0.25, -0.2) is 9.59 Å². The number of methoxy groups -OCH3 is 2. The van der Waals surface area contributed by atoms with Crippen molar-refractivity contribution >= 4 is 11.9 Å². The van der Waals surface area contributed by atoms with Crippen LogP contribution in [-0.2, 0) is 14.2 Å². The quantitative estimate of drug-likeness (QED) is 0.573. The Labute approximate surface area is 123 Å². The zero-order valence-corrected chi connectivity index (χ0v) is 12.1. The monoisotopic (exact) mass is 300 g/mol. The molecule has 0 atom stereocenters. The van der Waals surface area contributed by atoms with Crippen LogP contribution in [0.25, 0.3) is 0 Å². The standard InChI is InChI=1S/C10H10O4.C4H10O3/c1-13-9(11)7-3-5-8(6-4-7)10(12)14-2;5-1-3-7-4-2-6/h3-6H,1-2H3;5-6H,1-4H2. The second-order valence-electron chi connectivity index (χ2n) is 3.62. The van der Waals surface area contributed by atoms with E-state index in [-0.39, 0.29) is 13.2 Å². The fraction of sp³-hybridized carbons (Fsp3) is 0.429. The van der Waals surface area contributed by atoms with E-state index >= 15 is 0 Å². The van der Waals surface area contributed by atoms with Gasteiger partial charge in [-0.1, -0.05) is 0 Å². The number of benzene rings is 1. The van der Waals surface area contributed by atoms with Crippen molar-refractivity contribution in [2.24, 2.45) is 0 Å². The summed E-state index contributed by atoms with van der Waals surface area (Å²) in [6, 6.07) is 6.05. The molecule has 0 aromatic heterocycles. The van der Waals surface area contributed by atoms with Crippen molar-refractivity contribution in [2.45, 2.75) is 0 Å². The molecule has 0 aliphatic carbocycles. The SMILES string of the molecule is COC(=O)c1ccc(C(=O)OC)cc1.OCCOCCO. The molecule has 0 saturated carbocycles. The highest BCUT2D eigenvalue weighted by Gasteiger charge is 2.08. The van der Waals surface area contributed by atoms with E-state index in [1.165, 1.54) is 38.5 Å². The fourth-order valence-electron chi connectivity index (χ4n) is 1.21. The third-order valence-electron chi connectivity index (χ3n) is 2.20. The maximum absolute atomic E-state index is 11.0. The van der Waals surface area contributed by atoms with Gasteiger partial charge >= 0.3 is 11.9 Å². The zero-order valence-electron chi connectivity index (χ0n) is 12.1. The summed E-state index contributed by atoms with van der Waals surface area (Å²) in [7, 11) is 2.60. The van der Waals surface area contributed by atoms with Crippen molar-refractivity contribution in [1.29, 1.82) is 0 Å².